The first-order valence-electron chi connectivity index (χ1n) is 6.88. The van der Waals surface area contributed by atoms with Crippen LogP contribution >= 0.6 is 0 Å². The highest BCUT2D eigenvalue weighted by atomic mass is 32.2. The SMILES string of the molecule is Cn1cc(OC2CN(c3ccc(S(=O)(=O)C(F)F)cc3)C2)cn1. The van der Waals surface area contributed by atoms with E-state index < -0.39 is 15.6 Å². The highest BCUT2D eigenvalue weighted by molar-refractivity contribution is 7.91. The van der Waals surface area contributed by atoms with E-state index in [9.17, 15) is 17.2 Å². The van der Waals surface area contributed by atoms with Gasteiger partial charge >= 0.3 is 5.76 Å². The predicted octanol–water partition coefficient (Wildman–Crippen LogP) is 1.68. The molecule has 6 nitrogen and oxygen atoms in total. The Morgan fingerprint density at radius 2 is 1.91 bits per heavy atom. The van der Waals surface area contributed by atoms with Crippen LogP contribution in [0.5, 0.6) is 5.75 Å². The molecule has 3 rings (SSSR count). The lowest BCUT2D eigenvalue weighted by atomic mass is 10.1. The Morgan fingerprint density at radius 1 is 1.26 bits per heavy atom. The van der Waals surface area contributed by atoms with Crippen molar-refractivity contribution in [2.75, 3.05) is 18.0 Å². The van der Waals surface area contributed by atoms with E-state index in [2.05, 4.69) is 5.10 Å². The van der Waals surface area contributed by atoms with E-state index in [1.54, 1.807) is 24.1 Å². The van der Waals surface area contributed by atoms with E-state index >= 15 is 0 Å². The molecule has 0 bridgehead atoms. The summed E-state index contributed by atoms with van der Waals surface area (Å²) in [7, 11) is -2.74. The molecule has 1 aliphatic heterocycles. The minimum absolute atomic E-state index is 0.0173. The van der Waals surface area contributed by atoms with Gasteiger partial charge in [-0.2, -0.15) is 13.9 Å². The number of rotatable bonds is 5. The molecule has 0 radical (unpaired) electrons. The first-order chi connectivity index (χ1) is 10.9. The zero-order chi connectivity index (χ0) is 16.6. The summed E-state index contributed by atoms with van der Waals surface area (Å²) in [5.74, 6) is -2.72. The zero-order valence-corrected chi connectivity index (χ0v) is 13.1. The van der Waals surface area contributed by atoms with E-state index in [-0.39, 0.29) is 11.0 Å². The Bertz CT molecular complexity index is 784. The lowest BCUT2D eigenvalue weighted by Gasteiger charge is -2.40. The molecule has 124 valence electrons. The smallest absolute Gasteiger partial charge is 0.341 e. The molecule has 1 aliphatic rings. The molecule has 0 atom stereocenters. The Labute approximate surface area is 132 Å². The number of ether oxygens (including phenoxy) is 1. The number of aromatic nitrogens is 2. The number of hydrogen-bond donors (Lipinski definition) is 0. The number of anilines is 1. The van der Waals surface area contributed by atoms with Crippen molar-refractivity contribution in [3.63, 3.8) is 0 Å². The lowest BCUT2D eigenvalue weighted by molar-refractivity contribution is 0.167. The third kappa shape index (κ3) is 3.14. The molecule has 1 fully saturated rings. The lowest BCUT2D eigenvalue weighted by Crippen LogP contribution is -2.54. The fourth-order valence-corrected chi connectivity index (χ4v) is 3.05. The van der Waals surface area contributed by atoms with E-state index in [1.807, 2.05) is 4.90 Å². The third-order valence-electron chi connectivity index (χ3n) is 3.60. The molecule has 0 amide bonds. The van der Waals surface area contributed by atoms with Gasteiger partial charge in [0.2, 0.25) is 9.84 Å². The molecule has 0 saturated carbocycles. The van der Waals surface area contributed by atoms with Gasteiger partial charge in [0.05, 0.1) is 30.4 Å². The van der Waals surface area contributed by atoms with E-state index in [4.69, 9.17) is 4.74 Å². The molecular formula is C14H15F2N3O3S. The van der Waals surface area contributed by atoms with Gasteiger partial charge in [-0.1, -0.05) is 0 Å². The van der Waals surface area contributed by atoms with E-state index in [1.165, 1.54) is 24.3 Å². The summed E-state index contributed by atoms with van der Waals surface area (Å²) >= 11 is 0. The summed E-state index contributed by atoms with van der Waals surface area (Å²) in [5.41, 5.74) is 0.768. The molecule has 9 heteroatoms. The van der Waals surface area contributed by atoms with Crippen molar-refractivity contribution < 1.29 is 21.9 Å². The molecule has 2 heterocycles. The van der Waals surface area contributed by atoms with Crippen molar-refractivity contribution in [2.24, 2.45) is 7.05 Å². The van der Waals surface area contributed by atoms with E-state index in [0.717, 1.165) is 5.69 Å². The summed E-state index contributed by atoms with van der Waals surface area (Å²) in [6, 6.07) is 5.45. The van der Waals surface area contributed by atoms with Gasteiger partial charge in [-0.05, 0) is 24.3 Å². The minimum Gasteiger partial charge on any atom is -0.483 e. The number of hydrogen-bond acceptors (Lipinski definition) is 5. The maximum Gasteiger partial charge on any atom is 0.341 e. The first-order valence-corrected chi connectivity index (χ1v) is 8.43. The molecule has 1 aromatic heterocycles. The number of benzene rings is 1. The largest absolute Gasteiger partial charge is 0.483 e. The second-order valence-corrected chi connectivity index (χ2v) is 7.21. The van der Waals surface area contributed by atoms with Crippen LogP contribution in [0.2, 0.25) is 0 Å². The molecule has 0 spiro atoms. The highest BCUT2D eigenvalue weighted by Crippen LogP contribution is 2.26. The third-order valence-corrected chi connectivity index (χ3v) is 5.00. The van der Waals surface area contributed by atoms with Gasteiger partial charge in [0.1, 0.15) is 6.10 Å². The van der Waals surface area contributed by atoms with Gasteiger partial charge in [0.15, 0.2) is 5.75 Å². The highest BCUT2D eigenvalue weighted by Gasteiger charge is 2.30. The predicted molar refractivity (Wildman–Crippen MR) is 79.5 cm³/mol. The van der Waals surface area contributed by atoms with Gasteiger partial charge in [-0.15, -0.1) is 0 Å². The van der Waals surface area contributed by atoms with Crippen LogP contribution < -0.4 is 9.64 Å². The molecule has 0 N–H and O–H groups in total. The Hall–Kier alpha value is -2.16. The number of nitrogens with zero attached hydrogens (tertiary/aromatic N) is 3. The van der Waals surface area contributed by atoms with Crippen molar-refractivity contribution in [2.45, 2.75) is 16.8 Å². The Morgan fingerprint density at radius 3 is 2.43 bits per heavy atom. The summed E-state index contributed by atoms with van der Waals surface area (Å²) in [6.07, 6.45) is 3.42. The fourth-order valence-electron chi connectivity index (χ4n) is 2.33. The maximum atomic E-state index is 12.5. The normalized spacial score (nSPS) is 15.7. The van der Waals surface area contributed by atoms with Crippen LogP contribution in [0.25, 0.3) is 0 Å². The Balaban J connectivity index is 1.60. The Kier molecular flexibility index (Phi) is 3.97. The van der Waals surface area contributed by atoms with Gasteiger partial charge in [0, 0.05) is 12.7 Å². The zero-order valence-electron chi connectivity index (χ0n) is 12.3. The standard InChI is InChI=1S/C14H15F2N3O3S/c1-18-7-11(6-17-18)22-12-8-19(9-12)10-2-4-13(5-3-10)23(20,21)14(15)16/h2-7,12,14H,8-9H2,1H3. The summed E-state index contributed by atoms with van der Waals surface area (Å²) in [5, 5.41) is 4.01. The monoisotopic (exact) mass is 343 g/mol. The topological polar surface area (TPSA) is 64.4 Å². The molecule has 1 saturated heterocycles. The van der Waals surface area contributed by atoms with Crippen LogP contribution in [0, 0.1) is 0 Å². The van der Waals surface area contributed by atoms with Gasteiger partial charge in [-0.25, -0.2) is 8.42 Å². The summed E-state index contributed by atoms with van der Waals surface area (Å²) in [6.45, 7) is 1.27. The second-order valence-electron chi connectivity index (χ2n) is 5.29. The van der Waals surface area contributed by atoms with Crippen LogP contribution in [0.1, 0.15) is 0 Å². The number of alkyl halides is 2. The summed E-state index contributed by atoms with van der Waals surface area (Å²) in [4.78, 5) is 1.60. The van der Waals surface area contributed by atoms with Crippen molar-refractivity contribution in [3.8, 4) is 5.75 Å². The number of aryl methyl sites for hydroxylation is 1. The van der Waals surface area contributed by atoms with Crippen LogP contribution in [0.15, 0.2) is 41.6 Å². The molecule has 23 heavy (non-hydrogen) atoms. The summed E-state index contributed by atoms with van der Waals surface area (Å²) < 4.78 is 55.0. The second kappa shape index (κ2) is 5.80. The van der Waals surface area contributed by atoms with Crippen molar-refractivity contribution in [1.29, 1.82) is 0 Å². The van der Waals surface area contributed by atoms with Crippen molar-refractivity contribution in [1.82, 2.24) is 9.78 Å². The quantitative estimate of drug-likeness (QED) is 0.827. The number of sulfone groups is 1. The van der Waals surface area contributed by atoms with Crippen molar-refractivity contribution in [3.05, 3.63) is 36.7 Å². The average molecular weight is 343 g/mol. The van der Waals surface area contributed by atoms with Crippen LogP contribution in [-0.4, -0.2) is 43.1 Å². The van der Waals surface area contributed by atoms with Gasteiger partial charge in [0.25, 0.3) is 0 Å². The molecule has 0 unspecified atom stereocenters. The van der Waals surface area contributed by atoms with Gasteiger partial charge < -0.3 is 9.64 Å². The maximum absolute atomic E-state index is 12.5. The molecular weight excluding hydrogens is 328 g/mol. The van der Waals surface area contributed by atoms with Crippen LogP contribution in [0.3, 0.4) is 0 Å². The first kappa shape index (κ1) is 15.7. The molecule has 2 aromatic rings. The molecule has 0 aliphatic carbocycles. The van der Waals surface area contributed by atoms with Crippen molar-refractivity contribution >= 4 is 15.5 Å². The fraction of sp³-hybridized carbons (Fsp3) is 0.357. The van der Waals surface area contributed by atoms with E-state index in [0.29, 0.717) is 18.8 Å². The van der Waals surface area contributed by atoms with Crippen LogP contribution in [-0.2, 0) is 16.9 Å². The average Bonchev–Trinajstić information content (AvgIpc) is 2.88. The number of halogens is 2. The molecule has 1 aromatic carbocycles. The van der Waals surface area contributed by atoms with Gasteiger partial charge in [-0.3, -0.25) is 4.68 Å². The minimum atomic E-state index is -4.54. The van der Waals surface area contributed by atoms with Crippen LogP contribution in [0.4, 0.5) is 14.5 Å².